The minimum absolute atomic E-state index is 0.0231. The molecule has 0 radical (unpaired) electrons. The Kier molecular flexibility index (Phi) is 5.74. The Morgan fingerprint density at radius 1 is 0.846 bits per heavy atom. The van der Waals surface area contributed by atoms with Crippen LogP contribution in [0.5, 0.6) is 0 Å². The quantitative estimate of drug-likeness (QED) is 0.371. The lowest BCUT2D eigenvalue weighted by atomic mass is 9.57. The fourth-order valence-electron chi connectivity index (χ4n) is 7.60. The van der Waals surface area contributed by atoms with Gasteiger partial charge in [-0.1, -0.05) is 92.5 Å². The number of allylic oxidation sites excluding steroid dienone is 5. The van der Waals surface area contributed by atoms with Crippen molar-refractivity contribution < 1.29 is 14.2 Å². The van der Waals surface area contributed by atoms with Crippen LogP contribution in [0.2, 0.25) is 19.6 Å². The maximum atomic E-state index is 6.86. The SMILES string of the molecule is CC1(C)OC2\C3=C4/COC/C4=C([Si](C)(C)C)/C(c4ccccc4)=C(/C=C/c4ccccc4)C4=C3C2(CCC4)O1. The van der Waals surface area contributed by atoms with Crippen LogP contribution in [0.25, 0.3) is 11.6 Å². The van der Waals surface area contributed by atoms with E-state index in [4.69, 9.17) is 14.2 Å². The van der Waals surface area contributed by atoms with Crippen molar-refractivity contribution in [3.8, 4) is 0 Å². The van der Waals surface area contributed by atoms with Crippen LogP contribution in [0.1, 0.15) is 44.2 Å². The minimum atomic E-state index is -1.85. The predicted molar refractivity (Wildman–Crippen MR) is 161 cm³/mol. The van der Waals surface area contributed by atoms with Gasteiger partial charge in [0, 0.05) is 0 Å². The van der Waals surface area contributed by atoms with Crippen molar-refractivity contribution in [1.82, 2.24) is 0 Å². The second kappa shape index (κ2) is 8.87. The molecule has 2 aromatic rings. The zero-order valence-corrected chi connectivity index (χ0v) is 24.8. The van der Waals surface area contributed by atoms with E-state index in [1.165, 1.54) is 55.3 Å². The molecule has 2 atom stereocenters. The highest BCUT2D eigenvalue weighted by molar-refractivity contribution is 6.85. The Balaban J connectivity index is 1.60. The fraction of sp³-hybridized carbons (Fsp3) is 0.371. The molecule has 2 aliphatic heterocycles. The summed E-state index contributed by atoms with van der Waals surface area (Å²) in [6, 6.07) is 21.7. The Labute approximate surface area is 233 Å². The van der Waals surface area contributed by atoms with Crippen LogP contribution < -0.4 is 0 Å². The smallest absolute Gasteiger partial charge is 0.165 e. The Bertz CT molecular complexity index is 1500. The molecule has 0 bridgehead atoms. The van der Waals surface area contributed by atoms with Crippen molar-refractivity contribution in [2.45, 2.75) is 70.2 Å². The second-order valence-electron chi connectivity index (χ2n) is 13.0. The van der Waals surface area contributed by atoms with Crippen LogP contribution in [-0.2, 0) is 14.2 Å². The average molecular weight is 535 g/mol. The van der Waals surface area contributed by atoms with Crippen LogP contribution in [0.15, 0.2) is 105 Å². The van der Waals surface area contributed by atoms with E-state index >= 15 is 0 Å². The zero-order valence-electron chi connectivity index (χ0n) is 23.8. The van der Waals surface area contributed by atoms with E-state index in [0.29, 0.717) is 13.2 Å². The molecule has 0 aromatic heterocycles. The van der Waals surface area contributed by atoms with Gasteiger partial charge < -0.3 is 14.2 Å². The molecule has 5 aliphatic rings. The highest BCUT2D eigenvalue weighted by atomic mass is 28.3. The van der Waals surface area contributed by atoms with Crippen LogP contribution >= 0.6 is 0 Å². The summed E-state index contributed by atoms with van der Waals surface area (Å²) in [6.45, 7) is 12.9. The summed E-state index contributed by atoms with van der Waals surface area (Å²) < 4.78 is 19.8. The summed E-state index contributed by atoms with van der Waals surface area (Å²) in [5.41, 5.74) is 11.8. The van der Waals surface area contributed by atoms with Gasteiger partial charge in [0.05, 0.1) is 21.3 Å². The number of fused-ring (bicyclic) bond motifs is 2. The second-order valence-corrected chi connectivity index (χ2v) is 18.0. The van der Waals surface area contributed by atoms with E-state index in [1.54, 1.807) is 0 Å². The largest absolute Gasteiger partial charge is 0.372 e. The molecule has 7 rings (SSSR count). The molecular weight excluding hydrogens is 496 g/mol. The molecule has 2 heterocycles. The maximum absolute atomic E-state index is 6.86. The van der Waals surface area contributed by atoms with Crippen molar-refractivity contribution >= 4 is 19.7 Å². The zero-order chi connectivity index (χ0) is 27.0. The van der Waals surface area contributed by atoms with Gasteiger partial charge in [-0.15, -0.1) is 0 Å². The van der Waals surface area contributed by atoms with Gasteiger partial charge in [0.25, 0.3) is 0 Å². The van der Waals surface area contributed by atoms with Gasteiger partial charge in [-0.2, -0.15) is 0 Å². The van der Waals surface area contributed by atoms with E-state index < -0.39 is 13.9 Å². The first-order chi connectivity index (χ1) is 18.7. The molecule has 3 nitrogen and oxygen atoms in total. The number of hydrogen-bond acceptors (Lipinski definition) is 3. The van der Waals surface area contributed by atoms with Crippen molar-refractivity contribution in [3.63, 3.8) is 0 Å². The Morgan fingerprint density at radius 2 is 1.54 bits per heavy atom. The summed E-state index contributed by atoms with van der Waals surface area (Å²) in [7, 11) is -1.85. The lowest BCUT2D eigenvalue weighted by Crippen LogP contribution is -2.57. The normalized spacial score (nSPS) is 33.4. The monoisotopic (exact) mass is 534 g/mol. The summed E-state index contributed by atoms with van der Waals surface area (Å²) in [4.78, 5) is 0. The summed E-state index contributed by atoms with van der Waals surface area (Å²) in [6.07, 6.45) is 7.82. The standard InChI is InChI=1S/C35H38O3Si/c1-34(2)37-33-30-27-21-36-22-28(27)32(39(3,4)5)29(24-15-10-7-11-16-24)25(19-18-23-13-8-6-9-14-23)26-17-12-20-35(33,38-34)31(26)30/h6-11,13-16,18-19,33H,12,17,20-22H2,1-5H3/b19-18+,26-25?,29-25-,30-27+,32-28+,32-29?. The van der Waals surface area contributed by atoms with E-state index in [9.17, 15) is 0 Å². The molecule has 1 spiro atoms. The molecule has 3 aliphatic carbocycles. The van der Waals surface area contributed by atoms with Crippen LogP contribution in [0, 0.1) is 0 Å². The number of benzene rings is 2. The topological polar surface area (TPSA) is 27.7 Å². The van der Waals surface area contributed by atoms with Crippen LogP contribution in [-0.4, -0.2) is 38.8 Å². The fourth-order valence-corrected chi connectivity index (χ4v) is 9.75. The van der Waals surface area contributed by atoms with Gasteiger partial charge in [0.2, 0.25) is 0 Å². The maximum Gasteiger partial charge on any atom is 0.165 e. The molecule has 2 unspecified atom stereocenters. The number of hydrogen-bond donors (Lipinski definition) is 0. The highest BCUT2D eigenvalue weighted by Crippen LogP contribution is 2.65. The molecule has 3 fully saturated rings. The van der Waals surface area contributed by atoms with E-state index in [-0.39, 0.29) is 11.7 Å². The summed E-state index contributed by atoms with van der Waals surface area (Å²) in [5, 5.41) is 1.52. The molecule has 200 valence electrons. The van der Waals surface area contributed by atoms with Crippen molar-refractivity contribution in [3.05, 3.63) is 117 Å². The molecule has 4 heteroatoms. The van der Waals surface area contributed by atoms with Gasteiger partial charge in [-0.05, 0) is 88.4 Å². The molecule has 0 amide bonds. The third kappa shape index (κ3) is 3.87. The third-order valence-corrected chi connectivity index (χ3v) is 10.9. The van der Waals surface area contributed by atoms with Gasteiger partial charge in [0.15, 0.2) is 5.79 Å². The highest BCUT2D eigenvalue weighted by Gasteiger charge is 2.68. The van der Waals surface area contributed by atoms with E-state index in [0.717, 1.165) is 19.3 Å². The molecule has 0 N–H and O–H groups in total. The Hall–Kier alpha value is -2.76. The number of rotatable bonds is 4. The van der Waals surface area contributed by atoms with Gasteiger partial charge >= 0.3 is 0 Å². The van der Waals surface area contributed by atoms with Crippen molar-refractivity contribution in [1.29, 1.82) is 0 Å². The van der Waals surface area contributed by atoms with Crippen LogP contribution in [0.4, 0.5) is 0 Å². The summed E-state index contributed by atoms with van der Waals surface area (Å²) >= 11 is 0. The average Bonchev–Trinajstić information content (AvgIpc) is 3.42. The molecule has 39 heavy (non-hydrogen) atoms. The minimum Gasteiger partial charge on any atom is -0.372 e. The van der Waals surface area contributed by atoms with Crippen LogP contribution in [0.3, 0.4) is 0 Å². The number of ether oxygens (including phenoxy) is 3. The molecule has 2 saturated heterocycles. The third-order valence-electron chi connectivity index (χ3n) is 8.87. The van der Waals surface area contributed by atoms with Gasteiger partial charge in [-0.25, -0.2) is 0 Å². The predicted octanol–water partition coefficient (Wildman–Crippen LogP) is 8.05. The first kappa shape index (κ1) is 25.2. The van der Waals surface area contributed by atoms with Crippen molar-refractivity contribution in [2.75, 3.05) is 13.2 Å². The first-order valence-electron chi connectivity index (χ1n) is 14.4. The molecule has 2 aromatic carbocycles. The molecule has 1 saturated carbocycles. The lowest BCUT2D eigenvalue weighted by molar-refractivity contribution is -0.153. The Morgan fingerprint density at radius 3 is 2.26 bits per heavy atom. The van der Waals surface area contributed by atoms with Gasteiger partial charge in [0.1, 0.15) is 11.7 Å². The van der Waals surface area contributed by atoms with E-state index in [1.807, 2.05) is 0 Å². The first-order valence-corrected chi connectivity index (χ1v) is 17.9. The lowest BCUT2D eigenvalue weighted by Gasteiger charge is -2.52. The van der Waals surface area contributed by atoms with E-state index in [2.05, 4.69) is 106 Å². The molecular formula is C35H38O3Si. The van der Waals surface area contributed by atoms with Crippen molar-refractivity contribution in [2.24, 2.45) is 0 Å². The summed E-state index contributed by atoms with van der Waals surface area (Å²) in [5.74, 6) is -0.605. The van der Waals surface area contributed by atoms with Gasteiger partial charge in [-0.3, -0.25) is 0 Å².